The van der Waals surface area contributed by atoms with Gasteiger partial charge in [0.25, 0.3) is 0 Å². The molecule has 88 valence electrons. The standard InChI is InChI=1S/C14H13F2N/c1-9-3-2-4-10(7-9)14(17)12-6-5-11(15)8-13(12)16/h2-8,14H,17H2,1H3. The summed E-state index contributed by atoms with van der Waals surface area (Å²) in [6, 6.07) is 10.4. The van der Waals surface area contributed by atoms with Gasteiger partial charge in [-0.2, -0.15) is 0 Å². The number of halogens is 2. The van der Waals surface area contributed by atoms with Gasteiger partial charge in [-0.3, -0.25) is 0 Å². The molecule has 2 aromatic carbocycles. The molecule has 0 aliphatic rings. The van der Waals surface area contributed by atoms with Gasteiger partial charge in [-0.25, -0.2) is 8.78 Å². The van der Waals surface area contributed by atoms with E-state index in [1.165, 1.54) is 12.1 Å². The van der Waals surface area contributed by atoms with E-state index in [1.807, 2.05) is 31.2 Å². The Hall–Kier alpha value is -1.74. The molecule has 2 aromatic rings. The van der Waals surface area contributed by atoms with Gasteiger partial charge in [0.1, 0.15) is 11.6 Å². The third-order valence-electron chi connectivity index (χ3n) is 2.70. The molecule has 2 N–H and O–H groups in total. The van der Waals surface area contributed by atoms with Gasteiger partial charge in [0, 0.05) is 11.6 Å². The summed E-state index contributed by atoms with van der Waals surface area (Å²) < 4.78 is 26.4. The van der Waals surface area contributed by atoms with Crippen LogP contribution in [0.3, 0.4) is 0 Å². The highest BCUT2D eigenvalue weighted by molar-refractivity contribution is 5.34. The molecule has 0 saturated carbocycles. The van der Waals surface area contributed by atoms with Crippen LogP contribution in [0.2, 0.25) is 0 Å². The fourth-order valence-corrected chi connectivity index (χ4v) is 1.80. The van der Waals surface area contributed by atoms with E-state index >= 15 is 0 Å². The molecule has 17 heavy (non-hydrogen) atoms. The molecule has 1 unspecified atom stereocenters. The Bertz CT molecular complexity index is 537. The minimum absolute atomic E-state index is 0.303. The van der Waals surface area contributed by atoms with E-state index in [0.29, 0.717) is 5.56 Å². The van der Waals surface area contributed by atoms with Crippen molar-refractivity contribution in [1.82, 2.24) is 0 Å². The number of hydrogen-bond donors (Lipinski definition) is 1. The summed E-state index contributed by atoms with van der Waals surface area (Å²) in [6.07, 6.45) is 0. The first kappa shape index (κ1) is 11.7. The van der Waals surface area contributed by atoms with Gasteiger partial charge in [0.2, 0.25) is 0 Å². The zero-order valence-electron chi connectivity index (χ0n) is 9.45. The Morgan fingerprint density at radius 1 is 1.06 bits per heavy atom. The van der Waals surface area contributed by atoms with Crippen LogP contribution in [0, 0.1) is 18.6 Å². The molecule has 0 heterocycles. The Morgan fingerprint density at radius 3 is 2.47 bits per heavy atom. The minimum Gasteiger partial charge on any atom is -0.320 e. The van der Waals surface area contributed by atoms with Crippen molar-refractivity contribution < 1.29 is 8.78 Å². The zero-order valence-corrected chi connectivity index (χ0v) is 9.45. The van der Waals surface area contributed by atoms with E-state index in [0.717, 1.165) is 17.2 Å². The molecule has 0 fully saturated rings. The Morgan fingerprint density at radius 2 is 1.82 bits per heavy atom. The van der Waals surface area contributed by atoms with Gasteiger partial charge in [-0.05, 0) is 18.6 Å². The van der Waals surface area contributed by atoms with Crippen LogP contribution in [0.25, 0.3) is 0 Å². The number of benzene rings is 2. The molecule has 0 bridgehead atoms. The molecule has 0 amide bonds. The molecule has 2 rings (SSSR count). The Kier molecular flexibility index (Phi) is 3.20. The van der Waals surface area contributed by atoms with Crippen LogP contribution < -0.4 is 5.73 Å². The highest BCUT2D eigenvalue weighted by Gasteiger charge is 2.14. The molecule has 0 aliphatic heterocycles. The van der Waals surface area contributed by atoms with E-state index in [1.54, 1.807) is 0 Å². The van der Waals surface area contributed by atoms with E-state index in [9.17, 15) is 8.78 Å². The fraction of sp³-hybridized carbons (Fsp3) is 0.143. The van der Waals surface area contributed by atoms with Crippen LogP contribution in [-0.4, -0.2) is 0 Å². The van der Waals surface area contributed by atoms with Gasteiger partial charge < -0.3 is 5.73 Å². The van der Waals surface area contributed by atoms with Crippen molar-refractivity contribution in [3.8, 4) is 0 Å². The summed E-state index contributed by atoms with van der Waals surface area (Å²) >= 11 is 0. The van der Waals surface area contributed by atoms with E-state index in [4.69, 9.17) is 5.73 Å². The van der Waals surface area contributed by atoms with Crippen molar-refractivity contribution >= 4 is 0 Å². The lowest BCUT2D eigenvalue weighted by Crippen LogP contribution is -2.13. The van der Waals surface area contributed by atoms with Crippen molar-refractivity contribution in [2.75, 3.05) is 0 Å². The average Bonchev–Trinajstić information content (AvgIpc) is 2.28. The van der Waals surface area contributed by atoms with E-state index < -0.39 is 17.7 Å². The molecule has 0 radical (unpaired) electrons. The smallest absolute Gasteiger partial charge is 0.131 e. The normalized spacial score (nSPS) is 12.5. The third kappa shape index (κ3) is 2.50. The second kappa shape index (κ2) is 4.63. The van der Waals surface area contributed by atoms with Gasteiger partial charge in [0.05, 0.1) is 6.04 Å². The number of nitrogens with two attached hydrogens (primary N) is 1. The predicted molar refractivity (Wildman–Crippen MR) is 63.6 cm³/mol. The molecule has 1 nitrogen and oxygen atoms in total. The summed E-state index contributed by atoms with van der Waals surface area (Å²) in [5.74, 6) is -1.21. The van der Waals surface area contributed by atoms with Gasteiger partial charge in [-0.1, -0.05) is 35.9 Å². The van der Waals surface area contributed by atoms with Crippen molar-refractivity contribution in [2.45, 2.75) is 13.0 Å². The van der Waals surface area contributed by atoms with Crippen LogP contribution in [0.4, 0.5) is 8.78 Å². The molecule has 3 heteroatoms. The highest BCUT2D eigenvalue weighted by Crippen LogP contribution is 2.23. The van der Waals surface area contributed by atoms with Crippen molar-refractivity contribution in [2.24, 2.45) is 5.73 Å². The summed E-state index contributed by atoms with van der Waals surface area (Å²) in [4.78, 5) is 0. The number of hydrogen-bond acceptors (Lipinski definition) is 1. The molecular formula is C14H13F2N. The molecule has 1 atom stereocenters. The maximum absolute atomic E-state index is 13.6. The lowest BCUT2D eigenvalue weighted by atomic mass is 9.98. The van der Waals surface area contributed by atoms with Gasteiger partial charge in [0.15, 0.2) is 0 Å². The van der Waals surface area contributed by atoms with Crippen molar-refractivity contribution in [3.05, 3.63) is 70.8 Å². The summed E-state index contributed by atoms with van der Waals surface area (Å²) in [5.41, 5.74) is 8.15. The van der Waals surface area contributed by atoms with Crippen LogP contribution in [-0.2, 0) is 0 Å². The predicted octanol–water partition coefficient (Wildman–Crippen LogP) is 3.32. The quantitative estimate of drug-likeness (QED) is 0.846. The van der Waals surface area contributed by atoms with Crippen LogP contribution in [0.5, 0.6) is 0 Å². The van der Waals surface area contributed by atoms with Crippen molar-refractivity contribution in [3.63, 3.8) is 0 Å². The first-order valence-electron chi connectivity index (χ1n) is 5.35. The van der Waals surface area contributed by atoms with Gasteiger partial charge >= 0.3 is 0 Å². The van der Waals surface area contributed by atoms with E-state index in [2.05, 4.69) is 0 Å². The number of aryl methyl sites for hydroxylation is 1. The second-order valence-electron chi connectivity index (χ2n) is 4.06. The highest BCUT2D eigenvalue weighted by atomic mass is 19.1. The molecule has 0 spiro atoms. The zero-order chi connectivity index (χ0) is 12.4. The number of rotatable bonds is 2. The van der Waals surface area contributed by atoms with Crippen molar-refractivity contribution in [1.29, 1.82) is 0 Å². The summed E-state index contributed by atoms with van der Waals surface area (Å²) in [6.45, 7) is 1.94. The minimum atomic E-state index is -0.612. The first-order valence-corrected chi connectivity index (χ1v) is 5.35. The van der Waals surface area contributed by atoms with Gasteiger partial charge in [-0.15, -0.1) is 0 Å². The third-order valence-corrected chi connectivity index (χ3v) is 2.70. The monoisotopic (exact) mass is 233 g/mol. The maximum Gasteiger partial charge on any atom is 0.131 e. The van der Waals surface area contributed by atoms with Crippen LogP contribution >= 0.6 is 0 Å². The van der Waals surface area contributed by atoms with Crippen LogP contribution in [0.1, 0.15) is 22.7 Å². The maximum atomic E-state index is 13.6. The lowest BCUT2D eigenvalue weighted by molar-refractivity contribution is 0.566. The average molecular weight is 233 g/mol. The van der Waals surface area contributed by atoms with Crippen LogP contribution in [0.15, 0.2) is 42.5 Å². The first-order chi connectivity index (χ1) is 8.08. The molecule has 0 saturated heterocycles. The van der Waals surface area contributed by atoms with E-state index in [-0.39, 0.29) is 0 Å². The Balaban J connectivity index is 2.40. The largest absolute Gasteiger partial charge is 0.320 e. The Labute approximate surface area is 98.9 Å². The second-order valence-corrected chi connectivity index (χ2v) is 4.06. The summed E-state index contributed by atoms with van der Waals surface area (Å²) in [5, 5.41) is 0. The SMILES string of the molecule is Cc1cccc(C(N)c2ccc(F)cc2F)c1. The molecular weight excluding hydrogens is 220 g/mol. The molecule has 0 aromatic heterocycles. The fourth-order valence-electron chi connectivity index (χ4n) is 1.80. The molecule has 0 aliphatic carbocycles. The topological polar surface area (TPSA) is 26.0 Å². The lowest BCUT2D eigenvalue weighted by Gasteiger charge is -2.14. The summed E-state index contributed by atoms with van der Waals surface area (Å²) in [7, 11) is 0.